The molecule has 8 heteroatoms. The number of carbonyl (C=O) groups is 3. The normalized spacial score (nSPS) is 20.5. The van der Waals surface area contributed by atoms with E-state index in [-0.39, 0.29) is 6.10 Å². The molecule has 4 N–H and O–H groups in total. The summed E-state index contributed by atoms with van der Waals surface area (Å²) in [6, 6.07) is -1.82. The van der Waals surface area contributed by atoms with Crippen LogP contribution in [-0.2, 0) is 14.3 Å². The highest BCUT2D eigenvalue weighted by Gasteiger charge is 2.29. The smallest absolute Gasteiger partial charge is 0.326 e. The predicted octanol–water partition coefficient (Wildman–Crippen LogP) is -1.25. The number of hydrogen-bond acceptors (Lipinski definition) is 4. The van der Waals surface area contributed by atoms with Gasteiger partial charge in [-0.2, -0.15) is 0 Å². The number of nitrogens with zero attached hydrogens (tertiary/aromatic N) is 1. The second-order valence-electron chi connectivity index (χ2n) is 4.10. The Hall–Kier alpha value is -1.83. The van der Waals surface area contributed by atoms with Crippen molar-refractivity contribution in [3.8, 4) is 0 Å². The highest BCUT2D eigenvalue weighted by Crippen LogP contribution is 2.11. The van der Waals surface area contributed by atoms with E-state index in [1.165, 1.54) is 4.90 Å². The van der Waals surface area contributed by atoms with Crippen LogP contribution in [0.25, 0.3) is 0 Å². The molecule has 0 radical (unpaired) electrons. The zero-order chi connectivity index (χ0) is 13.7. The maximum absolute atomic E-state index is 11.7. The number of primary amides is 1. The number of nitrogens with two attached hydrogens (primary N) is 1. The summed E-state index contributed by atoms with van der Waals surface area (Å²) in [6.07, 6.45) is 0.246. The molecule has 0 bridgehead atoms. The zero-order valence-corrected chi connectivity index (χ0v) is 10.1. The molecule has 1 aliphatic heterocycles. The molecule has 0 spiro atoms. The van der Waals surface area contributed by atoms with E-state index >= 15 is 0 Å². The van der Waals surface area contributed by atoms with Crippen molar-refractivity contribution in [2.24, 2.45) is 5.73 Å². The van der Waals surface area contributed by atoms with E-state index in [9.17, 15) is 14.4 Å². The molecule has 0 saturated carbocycles. The van der Waals surface area contributed by atoms with Crippen LogP contribution in [0.2, 0.25) is 0 Å². The number of carboxylic acid groups (broad SMARTS) is 1. The number of likely N-dealkylation sites (tertiary alicyclic amines) is 1. The summed E-state index contributed by atoms with van der Waals surface area (Å²) in [4.78, 5) is 34.7. The number of aliphatic carboxylic acids is 1. The Balaban J connectivity index is 2.51. The summed E-state index contributed by atoms with van der Waals surface area (Å²) in [5, 5.41) is 11.1. The Morgan fingerprint density at radius 2 is 2.22 bits per heavy atom. The molecule has 1 saturated heterocycles. The van der Waals surface area contributed by atoms with E-state index in [0.29, 0.717) is 19.5 Å². The van der Waals surface area contributed by atoms with Crippen LogP contribution in [-0.4, -0.2) is 60.3 Å². The van der Waals surface area contributed by atoms with Crippen molar-refractivity contribution >= 4 is 17.9 Å². The van der Waals surface area contributed by atoms with Crippen LogP contribution in [0.4, 0.5) is 4.79 Å². The lowest BCUT2D eigenvalue weighted by atomic mass is 10.2. The summed E-state index contributed by atoms with van der Waals surface area (Å²) in [5.41, 5.74) is 4.92. The lowest BCUT2D eigenvalue weighted by Crippen LogP contribution is -2.48. The van der Waals surface area contributed by atoms with Gasteiger partial charge in [0.2, 0.25) is 5.91 Å². The van der Waals surface area contributed by atoms with E-state index in [1.54, 1.807) is 7.11 Å². The second kappa shape index (κ2) is 6.20. The first-order valence-corrected chi connectivity index (χ1v) is 5.53. The van der Waals surface area contributed by atoms with E-state index in [4.69, 9.17) is 15.6 Å². The number of hydrogen-bond donors (Lipinski definition) is 3. The maximum atomic E-state index is 11.7. The fourth-order valence-electron chi connectivity index (χ4n) is 1.75. The fraction of sp³-hybridized carbons (Fsp3) is 0.700. The topological polar surface area (TPSA) is 122 Å². The molecule has 0 aromatic carbocycles. The highest BCUT2D eigenvalue weighted by molar-refractivity contribution is 5.87. The lowest BCUT2D eigenvalue weighted by Gasteiger charge is -2.20. The number of nitrogens with one attached hydrogen (secondary N) is 1. The van der Waals surface area contributed by atoms with Gasteiger partial charge in [-0.25, -0.2) is 9.59 Å². The monoisotopic (exact) mass is 259 g/mol. The molecule has 2 atom stereocenters. The van der Waals surface area contributed by atoms with Gasteiger partial charge in [-0.15, -0.1) is 0 Å². The lowest BCUT2D eigenvalue weighted by molar-refractivity contribution is -0.140. The van der Waals surface area contributed by atoms with Crippen molar-refractivity contribution < 1.29 is 24.2 Å². The Bertz CT molecular complexity index is 346. The van der Waals surface area contributed by atoms with Gasteiger partial charge in [0.05, 0.1) is 12.5 Å². The van der Waals surface area contributed by atoms with Gasteiger partial charge >= 0.3 is 12.0 Å². The molecule has 0 aliphatic carbocycles. The summed E-state index contributed by atoms with van der Waals surface area (Å²) in [5.74, 6) is -2.07. The zero-order valence-electron chi connectivity index (χ0n) is 10.1. The molecule has 8 nitrogen and oxygen atoms in total. The van der Waals surface area contributed by atoms with E-state index in [1.807, 2.05) is 0 Å². The quantitative estimate of drug-likeness (QED) is 0.569. The minimum atomic E-state index is -1.29. The van der Waals surface area contributed by atoms with Gasteiger partial charge in [0.1, 0.15) is 6.04 Å². The number of carboxylic acids is 1. The number of rotatable bonds is 5. The summed E-state index contributed by atoms with van der Waals surface area (Å²) in [7, 11) is 1.55. The Morgan fingerprint density at radius 1 is 1.56 bits per heavy atom. The van der Waals surface area contributed by atoms with Crippen molar-refractivity contribution in [2.45, 2.75) is 25.0 Å². The van der Waals surface area contributed by atoms with Gasteiger partial charge in [-0.1, -0.05) is 0 Å². The summed E-state index contributed by atoms with van der Waals surface area (Å²) >= 11 is 0. The third-order valence-electron chi connectivity index (χ3n) is 2.77. The Morgan fingerprint density at radius 3 is 2.67 bits per heavy atom. The maximum Gasteiger partial charge on any atom is 0.326 e. The van der Waals surface area contributed by atoms with Gasteiger partial charge in [0.25, 0.3) is 0 Å². The van der Waals surface area contributed by atoms with Crippen LogP contribution >= 0.6 is 0 Å². The van der Waals surface area contributed by atoms with Gasteiger partial charge in [0.15, 0.2) is 0 Å². The number of carbonyl (C=O) groups excluding carboxylic acids is 2. The first kappa shape index (κ1) is 14.2. The Labute approximate surface area is 104 Å². The number of methoxy groups -OCH3 is 1. The average molecular weight is 259 g/mol. The largest absolute Gasteiger partial charge is 0.480 e. The molecule has 102 valence electrons. The van der Waals surface area contributed by atoms with E-state index in [0.717, 1.165) is 0 Å². The van der Waals surface area contributed by atoms with Crippen molar-refractivity contribution in [1.29, 1.82) is 0 Å². The summed E-state index contributed by atoms with van der Waals surface area (Å²) in [6.45, 7) is 0.901. The highest BCUT2D eigenvalue weighted by atomic mass is 16.5. The minimum Gasteiger partial charge on any atom is -0.480 e. The van der Waals surface area contributed by atoms with Gasteiger partial charge in [0, 0.05) is 20.2 Å². The average Bonchev–Trinajstić information content (AvgIpc) is 2.75. The van der Waals surface area contributed by atoms with Crippen LogP contribution in [0.15, 0.2) is 0 Å². The van der Waals surface area contributed by atoms with Crippen molar-refractivity contribution in [1.82, 2.24) is 10.2 Å². The first-order valence-electron chi connectivity index (χ1n) is 5.53. The molecular formula is C10H17N3O5. The van der Waals surface area contributed by atoms with Crippen molar-refractivity contribution in [3.63, 3.8) is 0 Å². The molecule has 18 heavy (non-hydrogen) atoms. The first-order chi connectivity index (χ1) is 8.43. The second-order valence-corrected chi connectivity index (χ2v) is 4.10. The van der Waals surface area contributed by atoms with Gasteiger partial charge < -0.3 is 25.8 Å². The number of urea groups is 1. The molecule has 1 fully saturated rings. The molecule has 1 heterocycles. The van der Waals surface area contributed by atoms with Gasteiger partial charge in [-0.05, 0) is 6.42 Å². The standard InChI is InChI=1S/C10H17N3O5/c1-18-6-2-3-13(5-6)10(17)12-7(9(15)16)4-8(11)14/h6-7H,2-5H2,1H3,(H2,11,14)(H,12,17)(H,15,16)/t6?,7-/m1/s1. The van der Waals surface area contributed by atoms with Crippen LogP contribution in [0.1, 0.15) is 12.8 Å². The number of ether oxygens (including phenoxy) is 1. The number of amides is 3. The SMILES string of the molecule is COC1CCN(C(=O)N[C@H](CC(N)=O)C(=O)O)C1. The van der Waals surface area contributed by atoms with Crippen LogP contribution in [0.3, 0.4) is 0 Å². The third-order valence-corrected chi connectivity index (χ3v) is 2.77. The van der Waals surface area contributed by atoms with Crippen LogP contribution in [0, 0.1) is 0 Å². The van der Waals surface area contributed by atoms with Crippen LogP contribution in [0.5, 0.6) is 0 Å². The molecular weight excluding hydrogens is 242 g/mol. The summed E-state index contributed by atoms with van der Waals surface area (Å²) < 4.78 is 5.10. The van der Waals surface area contributed by atoms with Crippen LogP contribution < -0.4 is 11.1 Å². The fourth-order valence-corrected chi connectivity index (χ4v) is 1.75. The predicted molar refractivity (Wildman–Crippen MR) is 60.8 cm³/mol. The van der Waals surface area contributed by atoms with E-state index in [2.05, 4.69) is 5.32 Å². The molecule has 1 rings (SSSR count). The third kappa shape index (κ3) is 3.88. The molecule has 1 aliphatic rings. The van der Waals surface area contributed by atoms with E-state index < -0.39 is 30.4 Å². The Kier molecular flexibility index (Phi) is 4.90. The van der Waals surface area contributed by atoms with Crippen molar-refractivity contribution in [3.05, 3.63) is 0 Å². The molecule has 1 unspecified atom stereocenters. The minimum absolute atomic E-state index is 0.0323. The molecule has 0 aromatic heterocycles. The molecule has 3 amide bonds. The van der Waals surface area contributed by atoms with Crippen molar-refractivity contribution in [2.75, 3.05) is 20.2 Å². The molecule has 0 aromatic rings. The van der Waals surface area contributed by atoms with Gasteiger partial charge in [-0.3, -0.25) is 4.79 Å².